The first-order valence-corrected chi connectivity index (χ1v) is 7.52. The van der Waals surface area contributed by atoms with Gasteiger partial charge >= 0.3 is 6.18 Å². The molecule has 21 heavy (non-hydrogen) atoms. The van der Waals surface area contributed by atoms with E-state index in [1.54, 1.807) is 7.11 Å². The van der Waals surface area contributed by atoms with E-state index < -0.39 is 18.3 Å². The number of aliphatic hydroxyl groups excluding tert-OH is 1. The van der Waals surface area contributed by atoms with Crippen molar-refractivity contribution in [2.24, 2.45) is 0 Å². The van der Waals surface area contributed by atoms with Crippen LogP contribution in [0.25, 0.3) is 0 Å². The zero-order valence-electron chi connectivity index (χ0n) is 12.0. The van der Waals surface area contributed by atoms with Crippen LogP contribution in [0.1, 0.15) is 22.9 Å². The van der Waals surface area contributed by atoms with Gasteiger partial charge in [-0.25, -0.2) is 0 Å². The summed E-state index contributed by atoms with van der Waals surface area (Å²) in [5.74, 6) is 0. The number of alkyl halides is 3. The largest absolute Gasteiger partial charge is 0.417 e. The average molecular weight is 324 g/mol. The van der Waals surface area contributed by atoms with Crippen LogP contribution in [0, 0.1) is 0 Å². The molecular formula is C13H19F3N2O2S. The summed E-state index contributed by atoms with van der Waals surface area (Å²) in [7, 11) is 1.57. The summed E-state index contributed by atoms with van der Waals surface area (Å²) in [5.41, 5.74) is -0.383. The highest BCUT2D eigenvalue weighted by Gasteiger charge is 2.41. The molecule has 1 aromatic heterocycles. The summed E-state index contributed by atoms with van der Waals surface area (Å²) in [6, 6.07) is 0. The molecule has 1 N–H and O–H groups in total. The minimum Gasteiger partial charge on any atom is -0.391 e. The van der Waals surface area contributed by atoms with Crippen LogP contribution < -0.4 is 4.90 Å². The van der Waals surface area contributed by atoms with E-state index in [4.69, 9.17) is 4.74 Å². The van der Waals surface area contributed by atoms with Gasteiger partial charge in [0.15, 0.2) is 0 Å². The van der Waals surface area contributed by atoms with Gasteiger partial charge in [-0.15, -0.1) is 11.3 Å². The van der Waals surface area contributed by atoms with Gasteiger partial charge in [0.25, 0.3) is 0 Å². The standard InChI is InChI=1S/C13H19F3N2O2S/c1-3-17-6-9-11(13(14,15)16)10(7-19)21-12(9)18(8-17)4-5-20-2/h19H,3-8H2,1-2H3. The van der Waals surface area contributed by atoms with Crippen molar-refractivity contribution in [2.75, 3.05) is 38.4 Å². The van der Waals surface area contributed by atoms with E-state index in [0.717, 1.165) is 11.3 Å². The molecule has 0 amide bonds. The minimum atomic E-state index is -4.44. The molecule has 0 radical (unpaired) electrons. The fraction of sp³-hybridized carbons (Fsp3) is 0.692. The fourth-order valence-corrected chi connectivity index (χ4v) is 3.72. The van der Waals surface area contributed by atoms with Crippen LogP contribution in [0.15, 0.2) is 0 Å². The van der Waals surface area contributed by atoms with Crippen LogP contribution in [-0.2, 0) is 24.1 Å². The van der Waals surface area contributed by atoms with Crippen LogP contribution in [0.3, 0.4) is 0 Å². The lowest BCUT2D eigenvalue weighted by Crippen LogP contribution is -2.43. The average Bonchev–Trinajstić information content (AvgIpc) is 2.82. The maximum absolute atomic E-state index is 13.3. The van der Waals surface area contributed by atoms with E-state index in [1.807, 2.05) is 16.7 Å². The Labute approximate surface area is 125 Å². The quantitative estimate of drug-likeness (QED) is 0.903. The van der Waals surface area contributed by atoms with E-state index in [2.05, 4.69) is 0 Å². The molecule has 0 atom stereocenters. The van der Waals surface area contributed by atoms with Crippen LogP contribution in [-0.4, -0.2) is 43.5 Å². The molecule has 2 heterocycles. The van der Waals surface area contributed by atoms with Crippen molar-refractivity contribution in [3.8, 4) is 0 Å². The molecule has 1 aliphatic rings. The monoisotopic (exact) mass is 324 g/mol. The predicted molar refractivity (Wildman–Crippen MR) is 75.4 cm³/mol. The van der Waals surface area contributed by atoms with Gasteiger partial charge < -0.3 is 14.7 Å². The summed E-state index contributed by atoms with van der Waals surface area (Å²) in [5, 5.41) is 9.87. The van der Waals surface area contributed by atoms with Crippen molar-refractivity contribution in [3.05, 3.63) is 16.0 Å². The van der Waals surface area contributed by atoms with E-state index in [0.29, 0.717) is 31.4 Å². The molecule has 0 aliphatic carbocycles. The number of ether oxygens (including phenoxy) is 1. The molecule has 120 valence electrons. The molecule has 1 aliphatic heterocycles. The van der Waals surface area contributed by atoms with Crippen LogP contribution in [0.5, 0.6) is 0 Å². The Bertz CT molecular complexity index is 490. The van der Waals surface area contributed by atoms with Crippen LogP contribution in [0.4, 0.5) is 18.2 Å². The van der Waals surface area contributed by atoms with Crippen molar-refractivity contribution in [1.29, 1.82) is 0 Å². The molecule has 8 heteroatoms. The number of anilines is 1. The normalized spacial score (nSPS) is 16.4. The summed E-state index contributed by atoms with van der Waals surface area (Å²) in [6.07, 6.45) is -4.44. The molecular weight excluding hydrogens is 305 g/mol. The van der Waals surface area contributed by atoms with Gasteiger partial charge in [0, 0.05) is 30.6 Å². The Morgan fingerprint density at radius 1 is 1.38 bits per heavy atom. The van der Waals surface area contributed by atoms with E-state index >= 15 is 0 Å². The Morgan fingerprint density at radius 3 is 2.62 bits per heavy atom. The Kier molecular flexibility index (Phi) is 5.13. The zero-order chi connectivity index (χ0) is 15.6. The number of nitrogens with zero attached hydrogens (tertiary/aromatic N) is 2. The van der Waals surface area contributed by atoms with Gasteiger partial charge in [-0.05, 0) is 6.54 Å². The van der Waals surface area contributed by atoms with Gasteiger partial charge in [0.05, 0.1) is 30.4 Å². The molecule has 0 saturated heterocycles. The summed E-state index contributed by atoms with van der Waals surface area (Å²) < 4.78 is 44.9. The second-order valence-corrected chi connectivity index (χ2v) is 5.97. The number of methoxy groups -OCH3 is 1. The first-order chi connectivity index (χ1) is 9.92. The van der Waals surface area contributed by atoms with E-state index in [9.17, 15) is 18.3 Å². The first-order valence-electron chi connectivity index (χ1n) is 6.71. The van der Waals surface area contributed by atoms with Gasteiger partial charge in [-0.2, -0.15) is 13.2 Å². The molecule has 0 aromatic carbocycles. The smallest absolute Gasteiger partial charge is 0.391 e. The van der Waals surface area contributed by atoms with Crippen LogP contribution >= 0.6 is 11.3 Å². The third kappa shape index (κ3) is 3.33. The molecule has 4 nitrogen and oxygen atoms in total. The molecule has 0 saturated carbocycles. The highest BCUT2D eigenvalue weighted by Crippen LogP contribution is 2.46. The lowest BCUT2D eigenvalue weighted by Gasteiger charge is -2.36. The first kappa shape index (κ1) is 16.5. The van der Waals surface area contributed by atoms with E-state index in [-0.39, 0.29) is 17.0 Å². The van der Waals surface area contributed by atoms with Gasteiger partial charge in [-0.1, -0.05) is 6.92 Å². The highest BCUT2D eigenvalue weighted by atomic mass is 32.1. The number of thiophene rings is 1. The fourth-order valence-electron chi connectivity index (χ4n) is 2.51. The number of hydrogen-bond donors (Lipinski definition) is 1. The number of hydrogen-bond acceptors (Lipinski definition) is 5. The number of rotatable bonds is 5. The van der Waals surface area contributed by atoms with E-state index in [1.165, 1.54) is 0 Å². The third-order valence-corrected chi connectivity index (χ3v) is 4.82. The molecule has 1 aromatic rings. The van der Waals surface area contributed by atoms with Crippen molar-refractivity contribution in [1.82, 2.24) is 4.90 Å². The Morgan fingerprint density at radius 2 is 2.10 bits per heavy atom. The summed E-state index contributed by atoms with van der Waals surface area (Å²) >= 11 is 1.03. The molecule has 2 rings (SSSR count). The highest BCUT2D eigenvalue weighted by molar-refractivity contribution is 7.16. The summed E-state index contributed by atoms with van der Waals surface area (Å²) in [4.78, 5) is 3.83. The molecule has 0 spiro atoms. The maximum atomic E-state index is 13.3. The number of aliphatic hydroxyl groups is 1. The minimum absolute atomic E-state index is 0.00660. The second kappa shape index (κ2) is 6.51. The Balaban J connectivity index is 2.46. The topological polar surface area (TPSA) is 35.9 Å². The van der Waals surface area contributed by atoms with Gasteiger partial charge in [-0.3, -0.25) is 4.90 Å². The lowest BCUT2D eigenvalue weighted by atomic mass is 10.1. The van der Waals surface area contributed by atoms with Gasteiger partial charge in [0.2, 0.25) is 0 Å². The van der Waals surface area contributed by atoms with Gasteiger partial charge in [0.1, 0.15) is 0 Å². The number of fused-ring (bicyclic) bond motifs is 1. The third-order valence-electron chi connectivity index (χ3n) is 3.54. The lowest BCUT2D eigenvalue weighted by molar-refractivity contribution is -0.139. The Hall–Kier alpha value is -0.830. The SMILES string of the molecule is CCN1Cc2c(sc(CO)c2C(F)(F)F)N(CCOC)C1. The second-order valence-electron chi connectivity index (χ2n) is 4.88. The van der Waals surface area contributed by atoms with Crippen molar-refractivity contribution < 1.29 is 23.0 Å². The number of halogens is 3. The van der Waals surface area contributed by atoms with Crippen molar-refractivity contribution >= 4 is 16.3 Å². The maximum Gasteiger partial charge on any atom is 0.417 e. The summed E-state index contributed by atoms with van der Waals surface area (Å²) in [6.45, 7) is 3.83. The molecule has 0 fully saturated rings. The molecule has 0 unspecified atom stereocenters. The molecule has 0 bridgehead atoms. The predicted octanol–water partition coefficient (Wildman–Crippen LogP) is 2.51. The van der Waals surface area contributed by atoms with Crippen LogP contribution in [0.2, 0.25) is 0 Å². The van der Waals surface area contributed by atoms with Crippen molar-refractivity contribution in [2.45, 2.75) is 26.3 Å². The van der Waals surface area contributed by atoms with Crippen molar-refractivity contribution in [3.63, 3.8) is 0 Å². The zero-order valence-corrected chi connectivity index (χ0v) is 12.9.